The van der Waals surface area contributed by atoms with Crippen LogP contribution < -0.4 is 9.47 Å². The zero-order valence-corrected chi connectivity index (χ0v) is 65.1. The summed E-state index contributed by atoms with van der Waals surface area (Å²) >= 11 is 0. The Morgan fingerprint density at radius 1 is 0.296 bits per heavy atom. The Hall–Kier alpha value is -5.99. The third kappa shape index (κ3) is 29.3. The van der Waals surface area contributed by atoms with Crippen molar-refractivity contribution in [2.24, 2.45) is 0 Å². The quantitative estimate of drug-likeness (QED) is 0.142. The minimum atomic E-state index is -4.74. The van der Waals surface area contributed by atoms with E-state index in [1.165, 1.54) is 83.7 Å². The summed E-state index contributed by atoms with van der Waals surface area (Å²) in [7, 11) is 1.44. The number of methoxy groups -OCH3 is 1. The predicted octanol–water partition coefficient (Wildman–Crippen LogP) is 28.3. The number of hydrogen-bond donors (Lipinski definition) is 0. The first-order chi connectivity index (χ1) is 43.8. The number of ether oxygens (including phenoxy) is 2. The minimum absolute atomic E-state index is 0.0894. The van der Waals surface area contributed by atoms with Gasteiger partial charge in [0.15, 0.2) is 0 Å². The van der Waals surface area contributed by atoms with E-state index in [1.54, 1.807) is 26.8 Å². The molecule has 0 radical (unpaired) electrons. The highest BCUT2D eigenvalue weighted by molar-refractivity contribution is 5.44. The van der Waals surface area contributed by atoms with Crippen LogP contribution >= 0.6 is 0 Å². The number of halogens is 12. The van der Waals surface area contributed by atoms with E-state index in [0.717, 1.165) is 11.1 Å². The number of alkyl halides is 12. The van der Waals surface area contributed by atoms with Crippen molar-refractivity contribution in [2.45, 2.75) is 308 Å². The van der Waals surface area contributed by atoms with Gasteiger partial charge in [0.2, 0.25) is 5.88 Å². The third-order valence-electron chi connectivity index (χ3n) is 16.5. The van der Waals surface area contributed by atoms with Crippen molar-refractivity contribution in [1.82, 2.24) is 4.98 Å². The van der Waals surface area contributed by atoms with Crippen LogP contribution in [0.25, 0.3) is 0 Å². The van der Waals surface area contributed by atoms with E-state index in [0.29, 0.717) is 53.0 Å². The molecule has 0 N–H and O–H groups in total. The Morgan fingerprint density at radius 2 is 0.602 bits per heavy atom. The van der Waals surface area contributed by atoms with Crippen molar-refractivity contribution in [3.8, 4) is 11.6 Å². The molecule has 0 bridgehead atoms. The third-order valence-corrected chi connectivity index (χ3v) is 16.5. The van der Waals surface area contributed by atoms with Gasteiger partial charge < -0.3 is 9.47 Å². The monoisotopic (exact) mass is 1390 g/mol. The molecule has 6 aromatic rings. The topological polar surface area (TPSA) is 31.4 Å². The smallest absolute Gasteiger partial charge is 0.495 e. The molecule has 98 heavy (non-hydrogen) atoms. The average Bonchev–Trinajstić information content (AvgIpc) is 0.834. The van der Waals surface area contributed by atoms with Crippen LogP contribution in [0.1, 0.15) is 332 Å². The largest absolute Gasteiger partial charge is 0.574 e. The molecule has 6 rings (SSSR count). The number of pyridine rings is 1. The number of rotatable bonds is 8. The summed E-state index contributed by atoms with van der Waals surface area (Å²) in [6.07, 6.45) is -18.3. The minimum Gasteiger partial charge on any atom is -0.495 e. The fourth-order valence-corrected chi connectivity index (χ4v) is 10.2. The van der Waals surface area contributed by atoms with E-state index in [-0.39, 0.29) is 49.9 Å². The van der Waals surface area contributed by atoms with E-state index in [4.69, 9.17) is 4.74 Å². The number of benzene rings is 5. The lowest BCUT2D eigenvalue weighted by Crippen LogP contribution is -2.19. The van der Waals surface area contributed by atoms with Crippen LogP contribution in [0.2, 0.25) is 0 Å². The molecule has 0 saturated heterocycles. The number of aromatic nitrogens is 1. The average molecular weight is 1390 g/mol. The Morgan fingerprint density at radius 3 is 0.878 bits per heavy atom. The fraction of sp³-hybridized carbons (Fsp3) is 0.578. The van der Waals surface area contributed by atoms with Crippen molar-refractivity contribution in [1.29, 1.82) is 0 Å². The Labute approximate surface area is 583 Å². The van der Waals surface area contributed by atoms with E-state index >= 15 is 0 Å². The summed E-state index contributed by atoms with van der Waals surface area (Å²) < 4.78 is 158. The summed E-state index contributed by atoms with van der Waals surface area (Å²) in [4.78, 5) is 3.78. The molecule has 0 saturated carbocycles. The van der Waals surface area contributed by atoms with Crippen LogP contribution in [0.4, 0.5) is 52.7 Å². The lowest BCUT2D eigenvalue weighted by Gasteiger charge is -2.28. The van der Waals surface area contributed by atoms with E-state index in [9.17, 15) is 52.7 Å². The van der Waals surface area contributed by atoms with Gasteiger partial charge in [-0.25, -0.2) is 4.98 Å². The van der Waals surface area contributed by atoms with E-state index < -0.39 is 53.4 Å². The van der Waals surface area contributed by atoms with Gasteiger partial charge in [0.05, 0.1) is 29.5 Å². The molecule has 0 fully saturated rings. The highest BCUT2D eigenvalue weighted by Crippen LogP contribution is 2.42. The molecule has 0 aliphatic heterocycles. The first-order valence-corrected chi connectivity index (χ1v) is 34.0. The molecule has 0 amide bonds. The van der Waals surface area contributed by atoms with Crippen LogP contribution in [0, 0.1) is 6.92 Å². The molecule has 3 nitrogen and oxygen atoms in total. The number of hydrogen-bond acceptors (Lipinski definition) is 3. The standard InChI is InChI=1S/2C17H28.C14H19F3.C13H20.C11H10F6.C11H14F3NO2/c1-12(2)13-9-14(16(3,4)5)11-15(10-13)17(6,7)8;1-12(2)14-11-13(16(3,4)5)9-10-15(14)17(6,7)8;1-9(2)11-8-10(14(15,16)17)6-7-12(11)13(3,4)5;1-10(2)11-6-8-12(9-7-11)13(3,4)5;1-6(2)8-5-7(10(12,13)14)3-4-9(8)11(15,16)17;1-6(2)8-5-9(16-4)7(3)15-10(8)17-11(12,13)14/h2*9-12H,1-8H3;6-9H,1-5H3;6-10H,1-5H3;3-6H,1-2H3;5-6H,1-4H3. The maximum atomic E-state index is 12.7. The second kappa shape index (κ2) is 34.6. The predicted molar refractivity (Wildman–Crippen MR) is 386 cm³/mol. The summed E-state index contributed by atoms with van der Waals surface area (Å²) in [5.74, 6) is 1.17. The second-order valence-corrected chi connectivity index (χ2v) is 33.5. The van der Waals surface area contributed by atoms with Gasteiger partial charge in [-0.05, 0) is 173 Å². The molecule has 0 atom stereocenters. The number of aryl methyl sites for hydroxylation is 1. The summed E-state index contributed by atoms with van der Waals surface area (Å²) in [6.45, 7) is 65.6. The first kappa shape index (κ1) is 90.0. The van der Waals surface area contributed by atoms with Gasteiger partial charge in [0.1, 0.15) is 5.75 Å². The van der Waals surface area contributed by atoms with E-state index in [2.05, 4.69) is 216 Å². The van der Waals surface area contributed by atoms with Gasteiger partial charge >= 0.3 is 24.9 Å². The highest BCUT2D eigenvalue weighted by Gasteiger charge is 2.38. The van der Waals surface area contributed by atoms with Gasteiger partial charge in [-0.2, -0.15) is 39.5 Å². The van der Waals surface area contributed by atoms with Crippen molar-refractivity contribution < 1.29 is 62.2 Å². The fourth-order valence-electron chi connectivity index (χ4n) is 10.2. The van der Waals surface area contributed by atoms with E-state index in [1.807, 2.05) is 34.6 Å². The van der Waals surface area contributed by atoms with Crippen LogP contribution in [0.5, 0.6) is 11.6 Å². The maximum absolute atomic E-state index is 12.7. The van der Waals surface area contributed by atoms with Crippen LogP contribution in [0.15, 0.2) is 103 Å². The van der Waals surface area contributed by atoms with Crippen molar-refractivity contribution in [3.63, 3.8) is 0 Å². The van der Waals surface area contributed by atoms with Crippen molar-refractivity contribution >= 4 is 0 Å². The molecule has 0 aliphatic carbocycles. The normalized spacial score (nSPS) is 12.8. The summed E-state index contributed by atoms with van der Waals surface area (Å²) in [5.41, 5.74) is 12.2. The zero-order chi connectivity index (χ0) is 77.0. The molecule has 1 aromatic heterocycles. The molecule has 0 aliphatic rings. The van der Waals surface area contributed by atoms with Crippen molar-refractivity contribution in [2.75, 3.05) is 7.11 Å². The first-order valence-electron chi connectivity index (χ1n) is 34.0. The van der Waals surface area contributed by atoms with Gasteiger partial charge in [0, 0.05) is 5.56 Å². The second-order valence-electron chi connectivity index (χ2n) is 33.5. The van der Waals surface area contributed by atoms with Gasteiger partial charge in [-0.15, -0.1) is 13.2 Å². The summed E-state index contributed by atoms with van der Waals surface area (Å²) in [5, 5.41) is 0. The molecule has 5 aromatic carbocycles. The highest BCUT2D eigenvalue weighted by atomic mass is 19.4. The number of nitrogens with zero attached hydrogens (tertiary/aromatic N) is 1. The molecule has 15 heteroatoms. The molecular formula is C83H119F12NO2. The zero-order valence-electron chi connectivity index (χ0n) is 65.1. The van der Waals surface area contributed by atoms with Gasteiger partial charge in [-0.3, -0.25) is 0 Å². The molecule has 0 unspecified atom stereocenters. The molecule has 552 valence electrons. The Kier molecular flexibility index (Phi) is 31.8. The maximum Gasteiger partial charge on any atom is 0.574 e. The Balaban J connectivity index is 0.000000589. The molecule has 1 heterocycles. The van der Waals surface area contributed by atoms with Crippen molar-refractivity contribution in [3.05, 3.63) is 192 Å². The lowest BCUT2D eigenvalue weighted by molar-refractivity contribution is -0.276. The van der Waals surface area contributed by atoms with Crippen LogP contribution in [-0.4, -0.2) is 18.5 Å². The Bertz CT molecular complexity index is 3200. The lowest BCUT2D eigenvalue weighted by atomic mass is 9.77. The molecular weight excluding hydrogens is 1270 g/mol. The summed E-state index contributed by atoms with van der Waals surface area (Å²) in [6, 6.07) is 30.2. The molecule has 0 spiro atoms. The van der Waals surface area contributed by atoms with Crippen LogP contribution in [0.3, 0.4) is 0 Å². The SMILES string of the molecule is CC(C)c1cc(C(C)(C)C)cc(C(C)(C)C)c1.CC(C)c1cc(C(C)(C)C)ccc1C(C)(C)C.CC(C)c1cc(C(F)(F)F)ccc1C(C)(C)C.CC(C)c1cc(C(F)(F)F)ccc1C(F)(F)F.CC(C)c1ccc(C(C)(C)C)cc1.COc1cc(C(C)C)c(OC(F)(F)F)nc1C. The van der Waals surface area contributed by atoms with Gasteiger partial charge in [-0.1, -0.05) is 274 Å². The van der Waals surface area contributed by atoms with Crippen LogP contribution in [-0.2, 0) is 51.0 Å². The van der Waals surface area contributed by atoms with Gasteiger partial charge in [0.25, 0.3) is 0 Å².